The van der Waals surface area contributed by atoms with Gasteiger partial charge in [0.2, 0.25) is 16.0 Å². The number of rotatable bonds is 7. The van der Waals surface area contributed by atoms with E-state index in [0.717, 1.165) is 22.2 Å². The van der Waals surface area contributed by atoms with Gasteiger partial charge in [-0.1, -0.05) is 54.6 Å². The lowest BCUT2D eigenvalue weighted by atomic mass is 10.1. The molecule has 1 unspecified atom stereocenters. The SMILES string of the molecule is CC(Nc1nccc(-n2cnc3cc(-c4ccccc4S(=O)(=O)NC(C)(C)C)ccc32)n1)c1ccccc1. The van der Waals surface area contributed by atoms with Gasteiger partial charge in [-0.15, -0.1) is 0 Å². The Balaban J connectivity index is 1.47. The third-order valence-corrected chi connectivity index (χ3v) is 7.82. The van der Waals surface area contributed by atoms with Gasteiger partial charge in [0.25, 0.3) is 0 Å². The minimum Gasteiger partial charge on any atom is -0.348 e. The van der Waals surface area contributed by atoms with Crippen LogP contribution in [0.25, 0.3) is 28.0 Å². The molecule has 0 saturated heterocycles. The molecular weight excluding hydrogens is 496 g/mol. The average molecular weight is 527 g/mol. The molecule has 8 nitrogen and oxygen atoms in total. The molecule has 0 aliphatic heterocycles. The lowest BCUT2D eigenvalue weighted by molar-refractivity contribution is 0.491. The van der Waals surface area contributed by atoms with Crippen LogP contribution < -0.4 is 10.0 Å². The van der Waals surface area contributed by atoms with Crippen LogP contribution in [-0.2, 0) is 10.0 Å². The van der Waals surface area contributed by atoms with E-state index in [4.69, 9.17) is 4.98 Å². The maximum absolute atomic E-state index is 13.1. The van der Waals surface area contributed by atoms with E-state index in [0.29, 0.717) is 17.3 Å². The highest BCUT2D eigenvalue weighted by atomic mass is 32.2. The maximum atomic E-state index is 13.1. The fraction of sp³-hybridized carbons (Fsp3) is 0.207. The second-order valence-corrected chi connectivity index (χ2v) is 11.8. The molecule has 0 radical (unpaired) electrons. The molecule has 194 valence electrons. The van der Waals surface area contributed by atoms with Gasteiger partial charge in [-0.05, 0) is 63.1 Å². The van der Waals surface area contributed by atoms with E-state index >= 15 is 0 Å². The topological polar surface area (TPSA) is 102 Å². The second kappa shape index (κ2) is 10.00. The quantitative estimate of drug-likeness (QED) is 0.281. The van der Waals surface area contributed by atoms with Crippen LogP contribution in [0.3, 0.4) is 0 Å². The van der Waals surface area contributed by atoms with Crippen LogP contribution in [0.5, 0.6) is 0 Å². The first kappa shape index (κ1) is 25.6. The Hall–Kier alpha value is -4.08. The van der Waals surface area contributed by atoms with Crippen molar-refractivity contribution in [3.05, 3.63) is 97.0 Å². The van der Waals surface area contributed by atoms with Crippen molar-refractivity contribution < 1.29 is 8.42 Å². The summed E-state index contributed by atoms with van der Waals surface area (Å²) in [4.78, 5) is 13.9. The number of hydrogen-bond donors (Lipinski definition) is 2. The monoisotopic (exact) mass is 526 g/mol. The van der Waals surface area contributed by atoms with Crippen LogP contribution in [0.4, 0.5) is 5.95 Å². The van der Waals surface area contributed by atoms with E-state index < -0.39 is 15.6 Å². The molecule has 0 bridgehead atoms. The Morgan fingerprint density at radius 3 is 2.39 bits per heavy atom. The smallest absolute Gasteiger partial charge is 0.241 e. The van der Waals surface area contributed by atoms with Gasteiger partial charge in [0, 0.05) is 17.3 Å². The molecule has 9 heteroatoms. The predicted octanol–water partition coefficient (Wildman–Crippen LogP) is 5.73. The number of benzene rings is 3. The highest BCUT2D eigenvalue weighted by molar-refractivity contribution is 7.89. The third kappa shape index (κ3) is 5.44. The summed E-state index contributed by atoms with van der Waals surface area (Å²) >= 11 is 0. The van der Waals surface area contributed by atoms with E-state index in [-0.39, 0.29) is 10.9 Å². The van der Waals surface area contributed by atoms with Gasteiger partial charge < -0.3 is 5.32 Å². The van der Waals surface area contributed by atoms with Crippen LogP contribution in [0.1, 0.15) is 39.3 Å². The van der Waals surface area contributed by atoms with Gasteiger partial charge in [0.1, 0.15) is 12.1 Å². The average Bonchev–Trinajstić information content (AvgIpc) is 3.31. The first-order valence-corrected chi connectivity index (χ1v) is 13.8. The molecular formula is C29H30N6O2S. The number of sulfonamides is 1. The molecule has 0 fully saturated rings. The van der Waals surface area contributed by atoms with Gasteiger partial charge in [-0.2, -0.15) is 4.98 Å². The van der Waals surface area contributed by atoms with Crippen LogP contribution in [-0.4, -0.2) is 33.5 Å². The summed E-state index contributed by atoms with van der Waals surface area (Å²) in [5.41, 5.74) is 3.50. The second-order valence-electron chi connectivity index (χ2n) is 10.2. The first-order chi connectivity index (χ1) is 18.1. The number of nitrogens with zero attached hydrogens (tertiary/aromatic N) is 4. The first-order valence-electron chi connectivity index (χ1n) is 12.4. The zero-order valence-electron chi connectivity index (χ0n) is 21.8. The van der Waals surface area contributed by atoms with Crippen molar-refractivity contribution in [2.75, 3.05) is 5.32 Å². The molecule has 2 N–H and O–H groups in total. The number of imidazole rings is 1. The lowest BCUT2D eigenvalue weighted by Gasteiger charge is -2.21. The van der Waals surface area contributed by atoms with Crippen LogP contribution in [0.2, 0.25) is 0 Å². The Morgan fingerprint density at radius 1 is 0.895 bits per heavy atom. The summed E-state index contributed by atoms with van der Waals surface area (Å²) in [6.07, 6.45) is 3.43. The summed E-state index contributed by atoms with van der Waals surface area (Å²) in [6, 6.07) is 24.7. The molecule has 38 heavy (non-hydrogen) atoms. The van der Waals surface area contributed by atoms with Gasteiger partial charge in [0.05, 0.1) is 22.0 Å². The summed E-state index contributed by atoms with van der Waals surface area (Å²) in [5.74, 6) is 1.19. The van der Waals surface area contributed by atoms with Crippen LogP contribution in [0, 0.1) is 0 Å². The van der Waals surface area contributed by atoms with Gasteiger partial charge >= 0.3 is 0 Å². The van der Waals surface area contributed by atoms with Gasteiger partial charge in [-0.25, -0.2) is 23.1 Å². The van der Waals surface area contributed by atoms with Crippen molar-refractivity contribution in [2.24, 2.45) is 0 Å². The number of fused-ring (bicyclic) bond motifs is 1. The van der Waals surface area contributed by atoms with Crippen LogP contribution in [0.15, 0.2) is 96.3 Å². The number of nitrogens with one attached hydrogen (secondary N) is 2. The molecule has 0 spiro atoms. The molecule has 2 heterocycles. The molecule has 0 aliphatic rings. The van der Waals surface area contributed by atoms with Crippen molar-refractivity contribution in [1.29, 1.82) is 0 Å². The van der Waals surface area contributed by atoms with E-state index in [1.54, 1.807) is 24.7 Å². The van der Waals surface area contributed by atoms with E-state index in [9.17, 15) is 8.42 Å². The zero-order chi connectivity index (χ0) is 26.9. The van der Waals surface area contributed by atoms with Gasteiger partial charge in [-0.3, -0.25) is 4.57 Å². The molecule has 5 aromatic rings. The van der Waals surface area contributed by atoms with Crippen LogP contribution >= 0.6 is 0 Å². The Morgan fingerprint density at radius 2 is 1.63 bits per heavy atom. The molecule has 5 rings (SSSR count). The standard InChI is InChI=1S/C29H30N6O2S/c1-20(21-10-6-5-7-11-21)32-28-30-17-16-27(33-28)35-19-31-24-18-22(14-15-25(24)35)23-12-8-9-13-26(23)38(36,37)34-29(2,3)4/h5-20,34H,1-4H3,(H,30,32,33). The summed E-state index contributed by atoms with van der Waals surface area (Å²) in [6.45, 7) is 7.53. The van der Waals surface area contributed by atoms with Crippen molar-refractivity contribution in [2.45, 2.75) is 44.2 Å². The molecule has 1 atom stereocenters. The molecule has 3 aromatic carbocycles. The Labute approximate surface area is 222 Å². The van der Waals surface area contributed by atoms with E-state index in [1.807, 2.05) is 79.9 Å². The third-order valence-electron chi connectivity index (χ3n) is 6.01. The normalized spacial score (nSPS) is 12.9. The molecule has 2 aromatic heterocycles. The minimum absolute atomic E-state index is 0.0395. The fourth-order valence-electron chi connectivity index (χ4n) is 4.33. The Kier molecular flexibility index (Phi) is 6.73. The maximum Gasteiger partial charge on any atom is 0.241 e. The van der Waals surface area contributed by atoms with E-state index in [1.165, 1.54) is 0 Å². The number of anilines is 1. The van der Waals surface area contributed by atoms with E-state index in [2.05, 4.69) is 39.1 Å². The highest BCUT2D eigenvalue weighted by Gasteiger charge is 2.25. The largest absolute Gasteiger partial charge is 0.348 e. The van der Waals surface area contributed by atoms with Crippen molar-refractivity contribution in [1.82, 2.24) is 24.2 Å². The summed E-state index contributed by atoms with van der Waals surface area (Å²) in [7, 11) is -3.72. The molecule has 0 saturated carbocycles. The highest BCUT2D eigenvalue weighted by Crippen LogP contribution is 2.31. The summed E-state index contributed by atoms with van der Waals surface area (Å²) in [5, 5.41) is 3.36. The molecule has 0 aliphatic carbocycles. The minimum atomic E-state index is -3.72. The lowest BCUT2D eigenvalue weighted by Crippen LogP contribution is -2.40. The fourth-order valence-corrected chi connectivity index (χ4v) is 5.98. The number of aromatic nitrogens is 4. The molecule has 0 amide bonds. The summed E-state index contributed by atoms with van der Waals surface area (Å²) < 4.78 is 30.9. The Bertz CT molecular complexity index is 1690. The number of hydrogen-bond acceptors (Lipinski definition) is 6. The van der Waals surface area contributed by atoms with Crippen molar-refractivity contribution >= 4 is 27.0 Å². The van der Waals surface area contributed by atoms with Crippen molar-refractivity contribution in [3.63, 3.8) is 0 Å². The zero-order valence-corrected chi connectivity index (χ0v) is 22.6. The predicted molar refractivity (Wildman–Crippen MR) is 151 cm³/mol. The van der Waals surface area contributed by atoms with Crippen molar-refractivity contribution in [3.8, 4) is 16.9 Å². The van der Waals surface area contributed by atoms with Gasteiger partial charge in [0.15, 0.2) is 0 Å².